The van der Waals surface area contributed by atoms with Crippen LogP contribution >= 0.6 is 0 Å². The number of anilines is 1. The number of alkyl halides is 3. The van der Waals surface area contributed by atoms with Crippen molar-refractivity contribution >= 4 is 5.82 Å². The average molecular weight is 286 g/mol. The Hall–Kier alpha value is -1.26. The molecule has 20 heavy (non-hydrogen) atoms. The largest absolute Gasteiger partial charge is 0.433 e. The molecule has 1 aromatic rings. The summed E-state index contributed by atoms with van der Waals surface area (Å²) in [4.78, 5) is 3.70. The lowest BCUT2D eigenvalue weighted by molar-refractivity contribution is -0.141. The molecular weight excluding hydrogens is 265 g/mol. The highest BCUT2D eigenvalue weighted by Crippen LogP contribution is 2.33. The molecule has 1 aromatic heterocycles. The molecule has 1 aliphatic rings. The Balaban J connectivity index is 2.12. The van der Waals surface area contributed by atoms with Crippen LogP contribution in [0.1, 0.15) is 45.2 Å². The van der Waals surface area contributed by atoms with Crippen LogP contribution < -0.4 is 5.32 Å². The van der Waals surface area contributed by atoms with E-state index in [0.29, 0.717) is 17.7 Å². The Kier molecular flexibility index (Phi) is 4.55. The molecule has 0 spiro atoms. The van der Waals surface area contributed by atoms with Crippen LogP contribution in [0, 0.1) is 11.8 Å². The van der Waals surface area contributed by atoms with Crippen LogP contribution in [-0.4, -0.2) is 11.0 Å². The van der Waals surface area contributed by atoms with Gasteiger partial charge >= 0.3 is 6.18 Å². The van der Waals surface area contributed by atoms with Gasteiger partial charge in [0.25, 0.3) is 0 Å². The topological polar surface area (TPSA) is 24.9 Å². The molecule has 112 valence electrons. The number of hydrogen-bond acceptors (Lipinski definition) is 2. The second-order valence-corrected chi connectivity index (χ2v) is 5.85. The summed E-state index contributed by atoms with van der Waals surface area (Å²) in [5, 5.41) is 3.21. The number of halogens is 3. The van der Waals surface area contributed by atoms with E-state index >= 15 is 0 Å². The van der Waals surface area contributed by atoms with E-state index in [-0.39, 0.29) is 6.04 Å². The van der Waals surface area contributed by atoms with Crippen LogP contribution in [0.25, 0.3) is 0 Å². The maximum Gasteiger partial charge on any atom is 0.433 e. The van der Waals surface area contributed by atoms with E-state index < -0.39 is 11.9 Å². The smallest absolute Gasteiger partial charge is 0.367 e. The van der Waals surface area contributed by atoms with Crippen molar-refractivity contribution in [3.63, 3.8) is 0 Å². The molecule has 1 saturated carbocycles. The predicted molar refractivity (Wildman–Crippen MR) is 73.4 cm³/mol. The summed E-state index contributed by atoms with van der Waals surface area (Å²) >= 11 is 0. The Morgan fingerprint density at radius 1 is 1.20 bits per heavy atom. The summed E-state index contributed by atoms with van der Waals surface area (Å²) in [6.07, 6.45) is 0.0770. The van der Waals surface area contributed by atoms with Gasteiger partial charge < -0.3 is 5.32 Å². The molecule has 1 fully saturated rings. The highest BCUT2D eigenvalue weighted by molar-refractivity contribution is 5.37. The van der Waals surface area contributed by atoms with Crippen LogP contribution in [0.3, 0.4) is 0 Å². The van der Waals surface area contributed by atoms with E-state index in [4.69, 9.17) is 0 Å². The van der Waals surface area contributed by atoms with Crippen molar-refractivity contribution in [2.24, 2.45) is 11.8 Å². The van der Waals surface area contributed by atoms with Crippen LogP contribution in [0.15, 0.2) is 18.2 Å². The molecule has 0 saturated heterocycles. The van der Waals surface area contributed by atoms with E-state index in [1.54, 1.807) is 6.07 Å². The van der Waals surface area contributed by atoms with Gasteiger partial charge in [0, 0.05) is 6.04 Å². The molecule has 2 nitrogen and oxygen atoms in total. The fourth-order valence-corrected chi connectivity index (χ4v) is 3.00. The molecule has 1 aliphatic carbocycles. The fourth-order valence-electron chi connectivity index (χ4n) is 3.00. The second kappa shape index (κ2) is 6.02. The van der Waals surface area contributed by atoms with Crippen molar-refractivity contribution in [1.29, 1.82) is 0 Å². The lowest BCUT2D eigenvalue weighted by Crippen LogP contribution is -2.35. The van der Waals surface area contributed by atoms with Gasteiger partial charge in [-0.2, -0.15) is 13.2 Å². The summed E-state index contributed by atoms with van der Waals surface area (Å²) in [6.45, 7) is 4.34. The minimum absolute atomic E-state index is 0.222. The highest BCUT2D eigenvalue weighted by atomic mass is 19.4. The van der Waals surface area contributed by atoms with Crippen molar-refractivity contribution in [3.05, 3.63) is 23.9 Å². The average Bonchev–Trinajstić information content (AvgIpc) is 2.38. The molecule has 1 N–H and O–H groups in total. The zero-order valence-corrected chi connectivity index (χ0v) is 11.9. The van der Waals surface area contributed by atoms with Crippen LogP contribution in [0.4, 0.5) is 19.0 Å². The van der Waals surface area contributed by atoms with E-state index in [1.165, 1.54) is 12.5 Å². The van der Waals surface area contributed by atoms with Gasteiger partial charge in [-0.25, -0.2) is 4.98 Å². The minimum Gasteiger partial charge on any atom is -0.367 e. The number of nitrogens with one attached hydrogen (secondary N) is 1. The third-order valence-electron chi connectivity index (χ3n) is 4.05. The molecule has 0 aromatic carbocycles. The number of nitrogens with zero attached hydrogens (tertiary/aromatic N) is 1. The van der Waals surface area contributed by atoms with Gasteiger partial charge in [0.05, 0.1) is 0 Å². The molecule has 1 heterocycles. The van der Waals surface area contributed by atoms with Gasteiger partial charge in [-0.05, 0) is 36.8 Å². The molecule has 2 unspecified atom stereocenters. The number of pyridine rings is 1. The zero-order chi connectivity index (χ0) is 14.8. The van der Waals surface area contributed by atoms with Crippen molar-refractivity contribution in [2.75, 3.05) is 5.32 Å². The van der Waals surface area contributed by atoms with Gasteiger partial charge in [-0.15, -0.1) is 0 Å². The Morgan fingerprint density at radius 2 is 1.90 bits per heavy atom. The van der Waals surface area contributed by atoms with Crippen LogP contribution in [0.5, 0.6) is 0 Å². The summed E-state index contributed by atoms with van der Waals surface area (Å²) in [7, 11) is 0. The van der Waals surface area contributed by atoms with Gasteiger partial charge in [-0.3, -0.25) is 0 Å². The van der Waals surface area contributed by atoms with Gasteiger partial charge in [0.15, 0.2) is 0 Å². The fraction of sp³-hybridized carbons (Fsp3) is 0.667. The van der Waals surface area contributed by atoms with Gasteiger partial charge in [0.2, 0.25) is 0 Å². The number of rotatable bonds is 3. The maximum absolute atomic E-state index is 12.7. The van der Waals surface area contributed by atoms with E-state index in [1.807, 2.05) is 0 Å². The monoisotopic (exact) mass is 286 g/mol. The first-order valence-electron chi connectivity index (χ1n) is 7.18. The Morgan fingerprint density at radius 3 is 2.55 bits per heavy atom. The van der Waals surface area contributed by atoms with Gasteiger partial charge in [0.1, 0.15) is 11.5 Å². The summed E-state index contributed by atoms with van der Waals surface area (Å²) < 4.78 is 38.0. The molecule has 2 rings (SSSR count). The van der Waals surface area contributed by atoms with E-state index in [0.717, 1.165) is 25.3 Å². The second-order valence-electron chi connectivity index (χ2n) is 5.85. The zero-order valence-electron chi connectivity index (χ0n) is 11.9. The molecule has 0 amide bonds. The minimum atomic E-state index is -4.39. The first kappa shape index (κ1) is 15.1. The van der Waals surface area contributed by atoms with E-state index in [9.17, 15) is 13.2 Å². The Bertz CT molecular complexity index is 443. The van der Waals surface area contributed by atoms with Crippen molar-refractivity contribution < 1.29 is 13.2 Å². The normalized spacial score (nSPS) is 23.9. The summed E-state index contributed by atoms with van der Waals surface area (Å²) in [6, 6.07) is 4.25. The van der Waals surface area contributed by atoms with Crippen LogP contribution in [-0.2, 0) is 6.18 Å². The van der Waals surface area contributed by atoms with Crippen molar-refractivity contribution in [2.45, 2.75) is 51.7 Å². The number of aromatic nitrogens is 1. The summed E-state index contributed by atoms with van der Waals surface area (Å²) in [5.41, 5.74) is -0.834. The third kappa shape index (κ3) is 3.64. The lowest BCUT2D eigenvalue weighted by Gasteiger charge is -2.35. The van der Waals surface area contributed by atoms with E-state index in [2.05, 4.69) is 24.1 Å². The molecule has 0 aliphatic heterocycles. The van der Waals surface area contributed by atoms with Crippen LogP contribution in [0.2, 0.25) is 0 Å². The third-order valence-corrected chi connectivity index (χ3v) is 4.05. The standard InChI is InChI=1S/C15H21F3N2/c1-10(2)11-6-3-4-7-12(11)19-14-9-5-8-13(20-14)15(16,17)18/h5,8-12H,3-4,6-7H2,1-2H3,(H,19,20). The quantitative estimate of drug-likeness (QED) is 0.869. The molecule has 5 heteroatoms. The Labute approximate surface area is 117 Å². The summed E-state index contributed by atoms with van der Waals surface area (Å²) in [5.74, 6) is 1.36. The first-order valence-corrected chi connectivity index (χ1v) is 7.18. The highest BCUT2D eigenvalue weighted by Gasteiger charge is 2.33. The molecule has 0 radical (unpaired) electrons. The maximum atomic E-state index is 12.7. The van der Waals surface area contributed by atoms with Crippen molar-refractivity contribution in [1.82, 2.24) is 4.98 Å². The molecule has 0 bridgehead atoms. The molecule has 2 atom stereocenters. The SMILES string of the molecule is CC(C)C1CCCCC1Nc1cccc(C(F)(F)F)n1. The van der Waals surface area contributed by atoms with Crippen molar-refractivity contribution in [3.8, 4) is 0 Å². The number of hydrogen-bond donors (Lipinski definition) is 1. The predicted octanol–water partition coefficient (Wildman–Crippen LogP) is 4.73. The van der Waals surface area contributed by atoms with Gasteiger partial charge in [-0.1, -0.05) is 32.8 Å². The first-order chi connectivity index (χ1) is 9.38. The lowest BCUT2D eigenvalue weighted by atomic mass is 9.78. The molecular formula is C15H21F3N2.